The van der Waals surface area contributed by atoms with E-state index >= 15 is 0 Å². The molecule has 22 heteroatoms. The van der Waals surface area contributed by atoms with Crippen LogP contribution in [0.4, 0.5) is 11.4 Å². The monoisotopic (exact) mass is 1030 g/mol. The molecule has 2 atom stereocenters. The lowest BCUT2D eigenvalue weighted by Gasteiger charge is -2.30. The summed E-state index contributed by atoms with van der Waals surface area (Å²) in [6.07, 6.45) is 11.5. The van der Waals surface area contributed by atoms with Crippen LogP contribution in [0.1, 0.15) is 76.8 Å². The quantitative estimate of drug-likeness (QED) is 0.0342. The van der Waals surface area contributed by atoms with Crippen LogP contribution in [0.25, 0.3) is 0 Å². The van der Waals surface area contributed by atoms with Crippen LogP contribution in [0.5, 0.6) is 0 Å². The Bertz CT molecular complexity index is 2490. The number of hydrogen-bond acceptors (Lipinski definition) is 15. The zero-order valence-electron chi connectivity index (χ0n) is 39.9. The molecule has 19 nitrogen and oxygen atoms in total. The average Bonchev–Trinajstić information content (AvgIpc) is 3.65. The minimum absolute atomic E-state index is 0.0252. The summed E-state index contributed by atoms with van der Waals surface area (Å²) < 4.78 is 139. The highest BCUT2D eigenvalue weighted by molar-refractivity contribution is 7.86. The molecule has 0 spiro atoms. The number of benzene rings is 2. The van der Waals surface area contributed by atoms with Crippen LogP contribution in [0.15, 0.2) is 82.3 Å². The van der Waals surface area contributed by atoms with E-state index in [1.165, 1.54) is 24.3 Å². The predicted octanol–water partition coefficient (Wildman–Crippen LogP) is 5.42. The molecule has 0 radical (unpaired) electrons. The molecule has 0 saturated carbocycles. The largest absolute Gasteiger partial charge is 0.744 e. The van der Waals surface area contributed by atoms with Crippen molar-refractivity contribution in [3.63, 3.8) is 0 Å². The summed E-state index contributed by atoms with van der Waals surface area (Å²) in [5, 5.41) is 9.21. The number of ether oxygens (including phenoxy) is 6. The first-order valence-corrected chi connectivity index (χ1v) is 27.4. The molecule has 2 aromatic carbocycles. The van der Waals surface area contributed by atoms with Crippen molar-refractivity contribution in [1.29, 1.82) is 0 Å². The SMILES string of the molecule is CCN1/C(=C/C=C/C=C/C2=[N+](CCCCCC(=O)O)c3ccc(S(=O)(=O)O)cc3C2(C)CCOCCOCCOCCOCCOCCOC)C(C)(CCCS(=O)(=O)O)c2cc(S(=O)(=O)[O-])ccc21. The van der Waals surface area contributed by atoms with Crippen LogP contribution in [0, 0.1) is 0 Å². The minimum atomic E-state index is -4.81. The lowest BCUT2D eigenvalue weighted by Crippen LogP contribution is -2.33. The number of fused-ring (bicyclic) bond motifs is 2. The highest BCUT2D eigenvalue weighted by atomic mass is 32.2. The number of carbonyl (C=O) groups is 1. The maximum absolute atomic E-state index is 12.4. The van der Waals surface area contributed by atoms with Gasteiger partial charge in [-0.1, -0.05) is 18.2 Å². The molecule has 4 rings (SSSR count). The van der Waals surface area contributed by atoms with Crippen molar-refractivity contribution in [1.82, 2.24) is 0 Å². The van der Waals surface area contributed by atoms with E-state index in [1.807, 2.05) is 43.9 Å². The molecule has 0 bridgehead atoms. The van der Waals surface area contributed by atoms with Gasteiger partial charge in [-0.05, 0) is 94.8 Å². The van der Waals surface area contributed by atoms with Gasteiger partial charge in [0, 0.05) is 67.6 Å². The van der Waals surface area contributed by atoms with Gasteiger partial charge in [0.05, 0.1) is 87.0 Å². The lowest BCUT2D eigenvalue weighted by atomic mass is 9.76. The van der Waals surface area contributed by atoms with Gasteiger partial charge in [-0.2, -0.15) is 21.4 Å². The van der Waals surface area contributed by atoms with Crippen molar-refractivity contribution >= 4 is 53.4 Å². The van der Waals surface area contributed by atoms with Crippen molar-refractivity contribution in [2.75, 3.05) is 104 Å². The third-order valence-corrected chi connectivity index (χ3v) is 14.6. The van der Waals surface area contributed by atoms with Crippen molar-refractivity contribution in [2.24, 2.45) is 0 Å². The zero-order valence-corrected chi connectivity index (χ0v) is 42.3. The standard InChI is InChI=1S/C47H68N2O17S3/c1-5-48-41-18-16-37(68(55,56)57)35-39(41)46(2,20-12-34-67(52,53)54)43(48)13-8-6-9-14-44-47(3,21-23-62-26-27-64-30-31-66-33-32-65-29-28-63-25-24-61-4)40-36-38(69(58,59)60)17-19-42(40)49(44)22-11-7-10-15-45(50)51/h6,8-9,13-14,16-19,35-36H,5,7,10-12,15,20-34H2,1-4H3,(H3-,50,51,52,53,54,55,56,57,58,59,60). The second-order valence-electron chi connectivity index (χ2n) is 16.9. The van der Waals surface area contributed by atoms with Gasteiger partial charge in [-0.25, -0.2) is 8.42 Å². The smallest absolute Gasteiger partial charge is 0.303 e. The molecule has 2 aliphatic rings. The molecule has 2 aromatic rings. The molecule has 3 N–H and O–H groups in total. The third kappa shape index (κ3) is 17.1. The second kappa shape index (κ2) is 27.1. The maximum atomic E-state index is 12.4. The number of nitrogens with zero attached hydrogens (tertiary/aromatic N) is 2. The number of aliphatic carboxylic acids is 1. The number of methoxy groups -OCH3 is 1. The molecule has 2 heterocycles. The summed E-state index contributed by atoms with van der Waals surface area (Å²) in [4.78, 5) is 12.5. The molecule has 0 aliphatic carbocycles. The summed E-state index contributed by atoms with van der Waals surface area (Å²) in [5.41, 5.74) is 2.26. The third-order valence-electron chi connectivity index (χ3n) is 12.1. The van der Waals surface area contributed by atoms with E-state index in [2.05, 4.69) is 4.58 Å². The maximum Gasteiger partial charge on any atom is 0.303 e. The summed E-state index contributed by atoms with van der Waals surface area (Å²) in [7, 11) is -12.1. The first-order chi connectivity index (χ1) is 32.7. The number of allylic oxidation sites excluding steroid dienone is 6. The number of carboxylic acid groups (broad SMARTS) is 1. The number of hydrogen-bond donors (Lipinski definition) is 3. The van der Waals surface area contributed by atoms with Crippen molar-refractivity contribution < 1.29 is 81.8 Å². The Hall–Kier alpha value is -3.91. The van der Waals surface area contributed by atoms with E-state index in [1.54, 1.807) is 31.4 Å². The van der Waals surface area contributed by atoms with Crippen molar-refractivity contribution in [3.05, 3.63) is 83.6 Å². The van der Waals surface area contributed by atoms with Crippen LogP contribution in [0.3, 0.4) is 0 Å². The van der Waals surface area contributed by atoms with E-state index in [4.69, 9.17) is 28.4 Å². The molecular formula is C47H68N2O17S3. The number of rotatable bonds is 34. The lowest BCUT2D eigenvalue weighted by molar-refractivity contribution is -0.438. The number of unbranched alkanes of at least 4 members (excludes halogenated alkanes) is 2. The van der Waals surface area contributed by atoms with Crippen LogP contribution < -0.4 is 4.90 Å². The average molecular weight is 1030 g/mol. The summed E-state index contributed by atoms with van der Waals surface area (Å²) in [6, 6.07) is 8.60. The highest BCUT2D eigenvalue weighted by Crippen LogP contribution is 2.51. The van der Waals surface area contributed by atoms with Crippen LogP contribution in [0.2, 0.25) is 0 Å². The van der Waals surface area contributed by atoms with Gasteiger partial charge in [0.25, 0.3) is 20.2 Å². The fourth-order valence-corrected chi connectivity index (χ4v) is 10.1. The van der Waals surface area contributed by atoms with Gasteiger partial charge >= 0.3 is 5.97 Å². The topological polar surface area (TPSA) is 265 Å². The number of anilines is 1. The normalized spacial score (nSPS) is 19.2. The summed E-state index contributed by atoms with van der Waals surface area (Å²) in [6.45, 7) is 11.0. The fourth-order valence-electron chi connectivity index (χ4n) is 8.58. The van der Waals surface area contributed by atoms with E-state index < -0.39 is 57.8 Å². The van der Waals surface area contributed by atoms with Gasteiger partial charge in [-0.15, -0.1) is 0 Å². The van der Waals surface area contributed by atoms with Crippen molar-refractivity contribution in [3.8, 4) is 0 Å². The van der Waals surface area contributed by atoms with Crippen LogP contribution in [-0.4, -0.2) is 159 Å². The molecule has 0 amide bonds. The summed E-state index contributed by atoms with van der Waals surface area (Å²) >= 11 is 0. The molecule has 2 aliphatic heterocycles. The van der Waals surface area contributed by atoms with Gasteiger partial charge in [0.2, 0.25) is 5.69 Å². The Morgan fingerprint density at radius 2 is 1.29 bits per heavy atom. The molecule has 386 valence electrons. The van der Waals surface area contributed by atoms with E-state index in [0.717, 1.165) is 11.4 Å². The Morgan fingerprint density at radius 1 is 0.710 bits per heavy atom. The molecular weight excluding hydrogens is 961 g/mol. The molecule has 2 unspecified atom stereocenters. The van der Waals surface area contributed by atoms with Crippen LogP contribution >= 0.6 is 0 Å². The fraction of sp³-hybridized carbons (Fsp3) is 0.574. The zero-order chi connectivity index (χ0) is 50.7. The van der Waals surface area contributed by atoms with Crippen molar-refractivity contribution in [2.45, 2.75) is 86.3 Å². The molecule has 0 saturated heterocycles. The Balaban J connectivity index is 1.56. The molecule has 0 aromatic heterocycles. The minimum Gasteiger partial charge on any atom is -0.744 e. The van der Waals surface area contributed by atoms with Gasteiger partial charge < -0.3 is 43.0 Å². The first kappa shape index (κ1) is 57.7. The Morgan fingerprint density at radius 3 is 1.84 bits per heavy atom. The second-order valence-corrected chi connectivity index (χ2v) is 21.3. The number of carboxylic acids is 1. The van der Waals surface area contributed by atoms with Gasteiger partial charge in [0.15, 0.2) is 5.71 Å². The van der Waals surface area contributed by atoms with E-state index in [9.17, 15) is 48.8 Å². The predicted molar refractivity (Wildman–Crippen MR) is 257 cm³/mol. The molecule has 0 fully saturated rings. The first-order valence-electron chi connectivity index (χ1n) is 22.9. The van der Waals surface area contributed by atoms with Crippen LogP contribution in [-0.2, 0) is 74.4 Å². The Labute approximate surface area is 407 Å². The number of likely N-dealkylation sites (N-methyl/N-ethyl adjacent to an activating group) is 1. The van der Waals surface area contributed by atoms with E-state index in [-0.39, 0.29) is 37.4 Å². The molecule has 69 heavy (non-hydrogen) atoms. The Kier molecular flexibility index (Phi) is 22.6. The van der Waals surface area contributed by atoms with Gasteiger partial charge in [-0.3, -0.25) is 13.9 Å². The highest BCUT2D eigenvalue weighted by Gasteiger charge is 2.48. The van der Waals surface area contributed by atoms with Gasteiger partial charge in [0.1, 0.15) is 16.7 Å². The summed E-state index contributed by atoms with van der Waals surface area (Å²) in [5.74, 6) is -1.40. The van der Waals surface area contributed by atoms with E-state index in [0.29, 0.717) is 121 Å².